The molecule has 0 saturated heterocycles. The Balaban J connectivity index is 2.58. The molecule has 0 spiro atoms. The molecule has 96 valence electrons. The van der Waals surface area contributed by atoms with Crippen molar-refractivity contribution in [3.8, 4) is 0 Å². The quantitative estimate of drug-likeness (QED) is 0.454. The number of carbonyl (C=O) groups is 2. The number of nitro benzene ring substituents is 2. The fraction of sp³-hybridized carbons (Fsp3) is 0. The molecule has 1 aliphatic rings. The number of hydrogen-bond donors (Lipinski definition) is 0. The summed E-state index contributed by atoms with van der Waals surface area (Å²) in [7, 11) is 0. The second kappa shape index (κ2) is 4.29. The summed E-state index contributed by atoms with van der Waals surface area (Å²) in [6.45, 7) is 0. The monoisotopic (exact) mass is 263 g/mol. The van der Waals surface area contributed by atoms with Gasteiger partial charge in [-0.2, -0.15) is 0 Å². The number of hydrogen-bond acceptors (Lipinski definition) is 6. The van der Waals surface area contributed by atoms with Crippen molar-refractivity contribution in [1.82, 2.24) is 0 Å². The van der Waals surface area contributed by atoms with E-state index in [-0.39, 0.29) is 5.69 Å². The Morgan fingerprint density at radius 1 is 0.947 bits per heavy atom. The van der Waals surface area contributed by atoms with Crippen LogP contribution in [-0.4, -0.2) is 21.7 Å². The van der Waals surface area contributed by atoms with Gasteiger partial charge in [-0.3, -0.25) is 29.8 Å². The average Bonchev–Trinajstić information content (AvgIpc) is 2.68. The molecule has 1 heterocycles. The molecule has 0 atom stereocenters. The van der Waals surface area contributed by atoms with Crippen LogP contribution in [0.15, 0.2) is 30.4 Å². The van der Waals surface area contributed by atoms with Crippen LogP contribution in [0.4, 0.5) is 17.1 Å². The summed E-state index contributed by atoms with van der Waals surface area (Å²) in [6.07, 6.45) is 1.93. The smallest absolute Gasteiger partial charge is 0.269 e. The summed E-state index contributed by atoms with van der Waals surface area (Å²) in [5.74, 6) is -1.47. The van der Waals surface area contributed by atoms with E-state index in [4.69, 9.17) is 0 Å². The molecule has 0 unspecified atom stereocenters. The van der Waals surface area contributed by atoms with Gasteiger partial charge in [-0.25, -0.2) is 4.90 Å². The van der Waals surface area contributed by atoms with Crippen molar-refractivity contribution in [1.29, 1.82) is 0 Å². The normalized spacial score (nSPS) is 14.0. The molecule has 2 amide bonds. The topological polar surface area (TPSA) is 124 Å². The van der Waals surface area contributed by atoms with Crippen LogP contribution in [0.1, 0.15) is 0 Å². The minimum Gasteiger partial charge on any atom is -0.269 e. The van der Waals surface area contributed by atoms with Crippen molar-refractivity contribution in [2.75, 3.05) is 4.90 Å². The van der Waals surface area contributed by atoms with Gasteiger partial charge in [-0.05, 0) is 6.07 Å². The van der Waals surface area contributed by atoms with Crippen LogP contribution >= 0.6 is 0 Å². The molecule has 0 radical (unpaired) electrons. The number of nitro groups is 2. The Hall–Kier alpha value is -3.10. The molecule has 0 bridgehead atoms. The Kier molecular flexibility index (Phi) is 2.79. The second-order valence-corrected chi connectivity index (χ2v) is 3.53. The van der Waals surface area contributed by atoms with Crippen molar-refractivity contribution in [3.05, 3.63) is 50.6 Å². The minimum absolute atomic E-state index is 0.296. The van der Waals surface area contributed by atoms with E-state index in [1.807, 2.05) is 0 Å². The molecule has 9 nitrogen and oxygen atoms in total. The lowest BCUT2D eigenvalue weighted by Gasteiger charge is -2.13. The number of imide groups is 1. The van der Waals surface area contributed by atoms with E-state index in [0.29, 0.717) is 11.0 Å². The molecule has 0 aliphatic carbocycles. The summed E-state index contributed by atoms with van der Waals surface area (Å²) >= 11 is 0. The van der Waals surface area contributed by atoms with E-state index in [0.717, 1.165) is 24.3 Å². The second-order valence-electron chi connectivity index (χ2n) is 3.53. The van der Waals surface area contributed by atoms with Gasteiger partial charge in [-0.15, -0.1) is 0 Å². The van der Waals surface area contributed by atoms with E-state index in [1.165, 1.54) is 0 Å². The zero-order valence-corrected chi connectivity index (χ0v) is 9.18. The molecule has 1 aromatic rings. The predicted octanol–water partition coefficient (Wildman–Crippen LogP) is 0.932. The van der Waals surface area contributed by atoms with E-state index in [9.17, 15) is 29.8 Å². The number of anilines is 1. The van der Waals surface area contributed by atoms with Crippen molar-refractivity contribution in [3.63, 3.8) is 0 Å². The molecule has 9 heteroatoms. The lowest BCUT2D eigenvalue weighted by Crippen LogP contribution is -2.30. The SMILES string of the molecule is O=C1C=CC(=O)N1c1ccc([N+](=O)[O-])cc1[N+](=O)[O-]. The highest BCUT2D eigenvalue weighted by Gasteiger charge is 2.32. The fourth-order valence-electron chi connectivity index (χ4n) is 1.60. The first-order valence-corrected chi connectivity index (χ1v) is 4.91. The summed E-state index contributed by atoms with van der Waals surface area (Å²) in [5, 5.41) is 21.4. The van der Waals surface area contributed by atoms with Gasteiger partial charge in [0.2, 0.25) is 0 Å². The molecule has 0 aromatic heterocycles. The average molecular weight is 263 g/mol. The van der Waals surface area contributed by atoms with Crippen LogP contribution in [0.3, 0.4) is 0 Å². The number of amides is 2. The highest BCUT2D eigenvalue weighted by Crippen LogP contribution is 2.33. The molecule has 0 N–H and O–H groups in total. The lowest BCUT2D eigenvalue weighted by atomic mass is 10.2. The molecule has 0 saturated carbocycles. The van der Waals surface area contributed by atoms with Gasteiger partial charge in [0.05, 0.1) is 15.9 Å². The molecule has 2 rings (SSSR count). The largest absolute Gasteiger partial charge is 0.300 e. The van der Waals surface area contributed by atoms with E-state index >= 15 is 0 Å². The number of nitrogens with zero attached hydrogens (tertiary/aromatic N) is 3. The Bertz CT molecular complexity index is 633. The van der Waals surface area contributed by atoms with Gasteiger partial charge in [0.15, 0.2) is 0 Å². The summed E-state index contributed by atoms with van der Waals surface area (Å²) in [5.41, 5.74) is -1.47. The summed E-state index contributed by atoms with van der Waals surface area (Å²) < 4.78 is 0. The fourth-order valence-corrected chi connectivity index (χ4v) is 1.60. The van der Waals surface area contributed by atoms with Crippen molar-refractivity contribution >= 4 is 28.9 Å². The van der Waals surface area contributed by atoms with Gasteiger partial charge < -0.3 is 0 Å². The van der Waals surface area contributed by atoms with Crippen molar-refractivity contribution in [2.24, 2.45) is 0 Å². The van der Waals surface area contributed by atoms with Gasteiger partial charge in [0.1, 0.15) is 5.69 Å². The summed E-state index contributed by atoms with van der Waals surface area (Å²) in [4.78, 5) is 43.2. The Labute approximate surface area is 105 Å². The maximum Gasteiger partial charge on any atom is 0.300 e. The zero-order chi connectivity index (χ0) is 14.2. The van der Waals surface area contributed by atoms with Crippen molar-refractivity contribution < 1.29 is 19.4 Å². The lowest BCUT2D eigenvalue weighted by molar-refractivity contribution is -0.393. The van der Waals surface area contributed by atoms with Gasteiger partial charge in [-0.1, -0.05) is 0 Å². The first kappa shape index (κ1) is 12.4. The highest BCUT2D eigenvalue weighted by molar-refractivity contribution is 6.28. The predicted molar refractivity (Wildman–Crippen MR) is 61.4 cm³/mol. The molecule has 1 aromatic carbocycles. The molecule has 19 heavy (non-hydrogen) atoms. The zero-order valence-electron chi connectivity index (χ0n) is 9.18. The third-order valence-electron chi connectivity index (χ3n) is 2.42. The van der Waals surface area contributed by atoms with Crippen LogP contribution in [0, 0.1) is 20.2 Å². The van der Waals surface area contributed by atoms with Gasteiger partial charge >= 0.3 is 0 Å². The van der Waals surface area contributed by atoms with Crippen LogP contribution < -0.4 is 4.90 Å². The minimum atomic E-state index is -0.888. The maximum absolute atomic E-state index is 11.4. The van der Waals surface area contributed by atoms with Gasteiger partial charge in [0, 0.05) is 18.2 Å². The highest BCUT2D eigenvalue weighted by atomic mass is 16.6. The van der Waals surface area contributed by atoms with Crippen LogP contribution in [0.25, 0.3) is 0 Å². The maximum atomic E-state index is 11.4. The number of non-ortho nitro benzene ring substituents is 1. The molecular weight excluding hydrogens is 258 g/mol. The van der Waals surface area contributed by atoms with Crippen LogP contribution in [0.2, 0.25) is 0 Å². The first-order valence-electron chi connectivity index (χ1n) is 4.91. The third-order valence-corrected chi connectivity index (χ3v) is 2.42. The molecule has 0 fully saturated rings. The van der Waals surface area contributed by atoms with E-state index < -0.39 is 33.0 Å². The third kappa shape index (κ3) is 2.04. The number of rotatable bonds is 3. The Morgan fingerprint density at radius 2 is 1.53 bits per heavy atom. The van der Waals surface area contributed by atoms with E-state index in [2.05, 4.69) is 0 Å². The van der Waals surface area contributed by atoms with Crippen LogP contribution in [0.5, 0.6) is 0 Å². The molecule has 1 aliphatic heterocycles. The standard InChI is InChI=1S/C10H5N3O6/c14-9-3-4-10(15)11(9)7-2-1-6(12(16)17)5-8(7)13(18)19/h1-5H. The van der Waals surface area contributed by atoms with Crippen LogP contribution in [-0.2, 0) is 9.59 Å². The van der Waals surface area contributed by atoms with E-state index in [1.54, 1.807) is 0 Å². The summed E-state index contributed by atoms with van der Waals surface area (Å²) in [6, 6.07) is 2.69. The van der Waals surface area contributed by atoms with Crippen molar-refractivity contribution in [2.45, 2.75) is 0 Å². The Morgan fingerprint density at radius 3 is 2.00 bits per heavy atom. The molecular formula is C10H5N3O6. The number of benzene rings is 1. The van der Waals surface area contributed by atoms with Gasteiger partial charge in [0.25, 0.3) is 23.2 Å². The number of carbonyl (C=O) groups excluding carboxylic acids is 2. The first-order chi connectivity index (χ1) is 8.91.